The van der Waals surface area contributed by atoms with Crippen LogP contribution in [0.15, 0.2) is 59.2 Å². The maximum absolute atomic E-state index is 13.4. The smallest absolute Gasteiger partial charge is 0.419 e. The Morgan fingerprint density at radius 3 is 2.67 bits per heavy atom. The summed E-state index contributed by atoms with van der Waals surface area (Å²) in [6.45, 7) is 0.689. The number of pyridine rings is 1. The van der Waals surface area contributed by atoms with Crippen LogP contribution in [0.3, 0.4) is 0 Å². The van der Waals surface area contributed by atoms with Crippen molar-refractivity contribution in [2.24, 2.45) is 0 Å². The molecule has 3 aromatic rings. The Kier molecular flexibility index (Phi) is 3.93. The Hall–Kier alpha value is -3.89. The Morgan fingerprint density at radius 1 is 1.12 bits per heavy atom. The highest BCUT2D eigenvalue weighted by atomic mass is 19.4. The van der Waals surface area contributed by atoms with E-state index in [1.54, 1.807) is 16.7 Å². The van der Waals surface area contributed by atoms with E-state index in [1.165, 1.54) is 17.8 Å². The fraction of sp³-hybridized carbons (Fsp3) is 0.227. The van der Waals surface area contributed by atoms with E-state index in [2.05, 4.69) is 14.9 Å². The number of alkyl halides is 3. The van der Waals surface area contributed by atoms with Crippen LogP contribution in [0.2, 0.25) is 0 Å². The summed E-state index contributed by atoms with van der Waals surface area (Å²) in [6.07, 6.45) is -0.406. The fourth-order valence-corrected chi connectivity index (χ4v) is 4.19. The zero-order valence-electron chi connectivity index (χ0n) is 16.8. The lowest BCUT2D eigenvalue weighted by atomic mass is 10.2. The number of ether oxygens (including phenoxy) is 2. The van der Waals surface area contributed by atoms with E-state index < -0.39 is 17.6 Å². The van der Waals surface area contributed by atoms with Gasteiger partial charge in [-0.1, -0.05) is 0 Å². The third-order valence-corrected chi connectivity index (χ3v) is 5.98. The van der Waals surface area contributed by atoms with E-state index >= 15 is 0 Å². The topological polar surface area (TPSA) is 69.5 Å². The molecule has 2 aromatic heterocycles. The summed E-state index contributed by atoms with van der Waals surface area (Å²) >= 11 is 0. The first kappa shape index (κ1) is 19.8. The summed E-state index contributed by atoms with van der Waals surface area (Å²) in [7, 11) is 0. The van der Waals surface area contributed by atoms with Gasteiger partial charge in [0.2, 0.25) is 11.8 Å². The van der Waals surface area contributed by atoms with Crippen molar-refractivity contribution < 1.29 is 27.0 Å². The van der Waals surface area contributed by atoms with Gasteiger partial charge in [-0.2, -0.15) is 18.2 Å². The van der Waals surface area contributed by atoms with E-state index in [9.17, 15) is 22.4 Å². The Labute approximate surface area is 183 Å². The van der Waals surface area contributed by atoms with Gasteiger partial charge in [0.15, 0.2) is 0 Å². The first-order valence-electron chi connectivity index (χ1n) is 9.98. The quantitative estimate of drug-likeness (QED) is 0.538. The predicted octanol–water partition coefficient (Wildman–Crippen LogP) is 4.03. The largest absolute Gasteiger partial charge is 0.473 e. The molecule has 1 spiro atoms. The van der Waals surface area contributed by atoms with Crippen LogP contribution in [0.25, 0.3) is 0 Å². The minimum absolute atomic E-state index is 0.0163. The molecule has 168 valence electrons. The van der Waals surface area contributed by atoms with Gasteiger partial charge in [0.25, 0.3) is 0 Å². The van der Waals surface area contributed by atoms with Gasteiger partial charge in [-0.15, -0.1) is 0 Å². The zero-order valence-corrected chi connectivity index (χ0v) is 16.8. The summed E-state index contributed by atoms with van der Waals surface area (Å²) in [5.41, 5.74) is 0.171. The molecule has 4 heterocycles. The van der Waals surface area contributed by atoms with Gasteiger partial charge in [0.05, 0.1) is 17.6 Å². The third kappa shape index (κ3) is 3.14. The van der Waals surface area contributed by atoms with Crippen LogP contribution in [0.1, 0.15) is 17.5 Å². The Balaban J connectivity index is 1.13. The molecule has 7 nitrogen and oxygen atoms in total. The summed E-state index contributed by atoms with van der Waals surface area (Å²) in [4.78, 5) is 22.4. The number of nitrogens with zero attached hydrogens (tertiary/aromatic N) is 4. The molecule has 1 atom stereocenters. The number of hydrogen-bond acceptors (Lipinski definition) is 6. The monoisotopic (exact) mass is 458 g/mol. The van der Waals surface area contributed by atoms with E-state index in [4.69, 9.17) is 9.47 Å². The van der Waals surface area contributed by atoms with Gasteiger partial charge in [0.1, 0.15) is 24.0 Å². The SMILES string of the molecule is O=c1nc(OCc2ccc(Oc3ccc(F)c(C(F)(F)F)c3)nc2)cc2n1CC13CC1=CN23. The van der Waals surface area contributed by atoms with Crippen LogP contribution in [0.4, 0.5) is 23.4 Å². The maximum Gasteiger partial charge on any atom is 0.419 e. The van der Waals surface area contributed by atoms with Crippen molar-refractivity contribution in [2.45, 2.75) is 31.3 Å². The van der Waals surface area contributed by atoms with Crippen LogP contribution < -0.4 is 20.1 Å². The fourth-order valence-electron chi connectivity index (χ4n) is 4.19. The lowest BCUT2D eigenvalue weighted by Gasteiger charge is -2.27. The molecule has 0 bridgehead atoms. The van der Waals surface area contributed by atoms with Gasteiger partial charge in [-0.3, -0.25) is 4.57 Å². The van der Waals surface area contributed by atoms with Crippen molar-refractivity contribution in [3.63, 3.8) is 0 Å². The number of anilines is 1. The molecule has 1 aromatic carbocycles. The van der Waals surface area contributed by atoms with Gasteiger partial charge in [-0.25, -0.2) is 14.2 Å². The number of aromatic nitrogens is 3. The van der Waals surface area contributed by atoms with E-state index in [0.29, 0.717) is 24.2 Å². The molecule has 0 saturated heterocycles. The highest BCUT2D eigenvalue weighted by Crippen LogP contribution is 2.61. The molecule has 1 unspecified atom stereocenters. The molecule has 11 heteroatoms. The second kappa shape index (κ2) is 6.56. The summed E-state index contributed by atoms with van der Waals surface area (Å²) in [6, 6.07) is 7.13. The van der Waals surface area contributed by atoms with Crippen LogP contribution in [0, 0.1) is 5.82 Å². The van der Waals surface area contributed by atoms with Crippen LogP contribution in [0.5, 0.6) is 17.5 Å². The van der Waals surface area contributed by atoms with Crippen LogP contribution in [-0.4, -0.2) is 20.1 Å². The molecule has 1 saturated carbocycles. The average molecular weight is 458 g/mol. The van der Waals surface area contributed by atoms with E-state index in [0.717, 1.165) is 18.3 Å². The van der Waals surface area contributed by atoms with Gasteiger partial charge >= 0.3 is 11.9 Å². The first-order valence-corrected chi connectivity index (χ1v) is 9.98. The van der Waals surface area contributed by atoms with Crippen LogP contribution >= 0.6 is 0 Å². The van der Waals surface area contributed by atoms with Crippen LogP contribution in [-0.2, 0) is 19.3 Å². The van der Waals surface area contributed by atoms with Crippen molar-refractivity contribution in [2.75, 3.05) is 4.90 Å². The summed E-state index contributed by atoms with van der Waals surface area (Å²) in [5.74, 6) is -0.599. The molecular formula is C22H14F4N4O3. The van der Waals surface area contributed by atoms with Gasteiger partial charge in [-0.05, 0) is 29.8 Å². The molecule has 1 fully saturated rings. The normalized spacial score (nSPS) is 19.8. The van der Waals surface area contributed by atoms with Crippen molar-refractivity contribution in [3.8, 4) is 17.5 Å². The predicted molar refractivity (Wildman–Crippen MR) is 106 cm³/mol. The van der Waals surface area contributed by atoms with Gasteiger partial charge < -0.3 is 14.4 Å². The Morgan fingerprint density at radius 2 is 1.97 bits per heavy atom. The third-order valence-electron chi connectivity index (χ3n) is 5.98. The summed E-state index contributed by atoms with van der Waals surface area (Å²) < 4.78 is 64.6. The first-order chi connectivity index (χ1) is 15.7. The number of rotatable bonds is 5. The minimum atomic E-state index is -4.83. The molecule has 33 heavy (non-hydrogen) atoms. The number of benzene rings is 1. The lowest BCUT2D eigenvalue weighted by Crippen LogP contribution is -2.35. The molecule has 2 aliphatic heterocycles. The molecule has 0 amide bonds. The van der Waals surface area contributed by atoms with Crippen molar-refractivity contribution >= 4 is 5.82 Å². The highest BCUT2D eigenvalue weighted by molar-refractivity contribution is 5.71. The van der Waals surface area contributed by atoms with Crippen molar-refractivity contribution in [1.82, 2.24) is 14.5 Å². The lowest BCUT2D eigenvalue weighted by molar-refractivity contribution is -0.140. The van der Waals surface area contributed by atoms with E-state index in [-0.39, 0.29) is 35.3 Å². The molecule has 1 aliphatic carbocycles. The summed E-state index contributed by atoms with van der Waals surface area (Å²) in [5, 5.41) is 0. The second-order valence-electron chi connectivity index (χ2n) is 8.09. The number of halogens is 4. The van der Waals surface area contributed by atoms with Crippen molar-refractivity contribution in [1.29, 1.82) is 0 Å². The number of hydrogen-bond donors (Lipinski definition) is 0. The molecule has 0 radical (unpaired) electrons. The molecule has 3 aliphatic rings. The zero-order chi connectivity index (χ0) is 23.0. The second-order valence-corrected chi connectivity index (χ2v) is 8.09. The molecular weight excluding hydrogens is 444 g/mol. The Bertz CT molecular complexity index is 1380. The number of fused-ring (bicyclic) bond motifs is 2. The molecule has 6 rings (SSSR count). The minimum Gasteiger partial charge on any atom is -0.473 e. The standard InChI is InChI=1S/C22H14F4N4O3/c23-16-3-2-14(5-15(16)22(24,25)26)33-17-4-1-12(8-27-17)10-32-18-6-19-29(20(31)28-18)11-21-7-13(21)9-30(19)21/h1-6,8-9H,7,10-11H2. The average Bonchev–Trinajstić information content (AvgIpc) is 3.21. The highest BCUT2D eigenvalue weighted by Gasteiger charge is 2.64. The van der Waals surface area contributed by atoms with E-state index in [1.807, 2.05) is 6.20 Å². The molecule has 0 N–H and O–H groups in total. The van der Waals surface area contributed by atoms with Crippen molar-refractivity contribution in [3.05, 3.63) is 81.8 Å². The van der Waals surface area contributed by atoms with Gasteiger partial charge in [0, 0.05) is 36.5 Å². The maximum atomic E-state index is 13.4.